The van der Waals surface area contributed by atoms with E-state index in [0.717, 1.165) is 59.7 Å². The first kappa shape index (κ1) is 97.6. The molecule has 11 rings (SSSR count). The third-order valence-corrected chi connectivity index (χ3v) is 17.9. The number of aliphatic hydroxyl groups is 4. The van der Waals surface area contributed by atoms with E-state index in [1.165, 1.54) is 46.5 Å². The second-order valence-corrected chi connectivity index (χ2v) is 25.0. The Kier molecular flexibility index (Phi) is 39.3. The van der Waals surface area contributed by atoms with Gasteiger partial charge in [0.1, 0.15) is 72.1 Å². The van der Waals surface area contributed by atoms with Gasteiger partial charge >= 0.3 is 41.9 Å². The molecule has 29 nitrogen and oxygen atoms in total. The first-order valence-corrected chi connectivity index (χ1v) is 34.0. The number of carbonyl (C=O) groups excluding carboxylic acids is 8. The molecule has 29 heteroatoms. The Morgan fingerprint density at radius 3 is 1.38 bits per heavy atom. The van der Waals surface area contributed by atoms with Crippen molar-refractivity contribution in [1.82, 2.24) is 10.6 Å². The largest absolute Gasteiger partial charge is 0.469 e. The molecule has 4 heterocycles. The van der Waals surface area contributed by atoms with Gasteiger partial charge in [-0.1, -0.05) is 129 Å². The Hall–Kier alpha value is -10.5. The molecule has 1 aliphatic carbocycles. The Morgan fingerprint density at radius 1 is 0.491 bits per heavy atom. The van der Waals surface area contributed by atoms with Crippen molar-refractivity contribution >= 4 is 91.7 Å². The summed E-state index contributed by atoms with van der Waals surface area (Å²) < 4.78 is 67.6. The Balaban J connectivity index is 0.000000475. The van der Waals surface area contributed by atoms with Gasteiger partial charge in [0.2, 0.25) is 16.8 Å². The highest BCUT2D eigenvalue weighted by atomic mass is 16.7. The van der Waals surface area contributed by atoms with Crippen LogP contribution >= 0.6 is 0 Å². The normalized spacial score (nSPS) is 19.1. The van der Waals surface area contributed by atoms with Gasteiger partial charge in [0.15, 0.2) is 30.9 Å². The van der Waals surface area contributed by atoms with Crippen molar-refractivity contribution in [2.45, 2.75) is 192 Å². The number of nitrogens with one attached hydrogen (secondary N) is 2. The fourth-order valence-electron chi connectivity index (χ4n) is 12.1. The smallest absolute Gasteiger partial charge is 0.407 e. The second-order valence-electron chi connectivity index (χ2n) is 25.0. The highest BCUT2D eigenvalue weighted by molar-refractivity contribution is 5.96. The maximum atomic E-state index is 12.7. The number of aliphatic hydroxyl groups excluding tert-OH is 4. The zero-order chi connectivity index (χ0) is 78.7. The van der Waals surface area contributed by atoms with E-state index in [0.29, 0.717) is 55.9 Å². The summed E-state index contributed by atoms with van der Waals surface area (Å²) in [5, 5.41) is 43.9. The summed E-state index contributed by atoms with van der Waals surface area (Å²) in [5.74, 6) is -3.59. The number of fused-ring (bicyclic) bond motifs is 7. The first-order valence-electron chi connectivity index (χ1n) is 34.0. The summed E-state index contributed by atoms with van der Waals surface area (Å²) in [4.78, 5) is 118. The zero-order valence-electron chi connectivity index (χ0n) is 61.7. The molecule has 112 heavy (non-hydrogen) atoms. The number of likely N-dealkylation sites (N-methyl/N-ethyl adjacent to an activating group) is 1. The molecular formula is C83H110N2O27. The average Bonchev–Trinajstić information content (AvgIpc) is 1.48. The van der Waals surface area contributed by atoms with Gasteiger partial charge in [0.05, 0.1) is 55.2 Å². The molecule has 0 saturated carbocycles. The second kappa shape index (κ2) is 45.1. The standard InChI is InChI=1S/C20H21NO4.C18H17NO3.C18H16O4.C15H22O10.C7H14O6.5CH4/c1-3-18(19(22)24-2)21-20(23)25-12-17-15-10-6-4-8-13(15)14-9-5-7-11-16(14)17;1-10-7-8-14-16(21)13-6-4-5-12(9-15(20)19-3)18(13)22-17(14)11(10)2;1-10-7-8-14-16(20)13-6-4-5-12(9-15(19)21-3)18(13)22-17(14)11(10)2;1-7(16)21-6-11-12(22-8(2)17)13(23-9(3)18)14(24-10(4)19)15(20-5)25-11;1-12-7-6(11)5(10)4(9)3(2-8)13-7;;;;;/h4-11,17-18H,3,12H2,1-2H3,(H,21,23);4-8H,9H2,1-3H3,(H,19,20);4-8H,9H2,1-3H3;11-15H,6H2,1-5H3;3-11H,2H2,1H3;5*1H4/t18-;;;;;;;;;/m0........./s1. The van der Waals surface area contributed by atoms with Crippen LogP contribution in [0.1, 0.15) is 129 Å². The molecule has 2 fully saturated rings. The summed E-state index contributed by atoms with van der Waals surface area (Å²) >= 11 is 0. The van der Waals surface area contributed by atoms with E-state index in [1.807, 2.05) is 70.2 Å². The van der Waals surface area contributed by atoms with E-state index in [9.17, 15) is 63.3 Å². The number of methoxy groups -OCH3 is 4. The lowest BCUT2D eigenvalue weighted by Gasteiger charge is -2.43. The number of aryl methyl sites for hydroxylation is 4. The number of rotatable bonds is 17. The summed E-state index contributed by atoms with van der Waals surface area (Å²) in [6.07, 6.45) is -11.5. The Labute approximate surface area is 652 Å². The maximum absolute atomic E-state index is 12.7. The van der Waals surface area contributed by atoms with Crippen molar-refractivity contribution < 1.29 is 120 Å². The van der Waals surface area contributed by atoms with Crippen LogP contribution in [0, 0.1) is 27.7 Å². The number of ether oxygens (including phenoxy) is 11. The first-order chi connectivity index (χ1) is 51.0. The van der Waals surface area contributed by atoms with Crippen molar-refractivity contribution in [3.8, 4) is 11.1 Å². The number of benzene rings is 6. The van der Waals surface area contributed by atoms with Crippen molar-refractivity contribution in [2.24, 2.45) is 0 Å². The van der Waals surface area contributed by atoms with Crippen molar-refractivity contribution in [3.63, 3.8) is 0 Å². The van der Waals surface area contributed by atoms with Crippen LogP contribution in [0.3, 0.4) is 0 Å². The number of hydrogen-bond acceptors (Lipinski definition) is 27. The molecule has 2 amide bonds. The van der Waals surface area contributed by atoms with Gasteiger partial charge in [-0.15, -0.1) is 0 Å². The van der Waals surface area contributed by atoms with Gasteiger partial charge in [0, 0.05) is 66.0 Å². The van der Waals surface area contributed by atoms with Gasteiger partial charge in [-0.2, -0.15) is 0 Å². The number of hydrogen-bond donors (Lipinski definition) is 6. The minimum absolute atomic E-state index is 0. The van der Waals surface area contributed by atoms with Crippen LogP contribution < -0.4 is 21.5 Å². The Morgan fingerprint density at radius 2 is 0.946 bits per heavy atom. The highest BCUT2D eigenvalue weighted by Gasteiger charge is 2.52. The van der Waals surface area contributed by atoms with Gasteiger partial charge in [-0.3, -0.25) is 38.4 Å². The number of para-hydroxylation sites is 2. The topological polar surface area (TPSA) is 403 Å². The minimum atomic E-state index is -1.36. The molecule has 2 saturated heterocycles. The van der Waals surface area contributed by atoms with E-state index in [1.54, 1.807) is 56.4 Å². The molecule has 10 unspecified atom stereocenters. The number of amides is 2. The third-order valence-electron chi connectivity index (χ3n) is 17.9. The summed E-state index contributed by atoms with van der Waals surface area (Å²) in [5.41, 5.74) is 12.0. The van der Waals surface area contributed by atoms with Crippen molar-refractivity contribution in [2.75, 3.05) is 55.3 Å². The molecule has 0 bridgehead atoms. The number of alkyl carbamates (subject to hydrolysis) is 1. The van der Waals surface area contributed by atoms with Gasteiger partial charge < -0.3 is 92.0 Å². The van der Waals surface area contributed by atoms with E-state index < -0.39 is 110 Å². The van der Waals surface area contributed by atoms with Crippen molar-refractivity contribution in [3.05, 3.63) is 174 Å². The monoisotopic (exact) mass is 1570 g/mol. The quantitative estimate of drug-likeness (QED) is 0.0280. The van der Waals surface area contributed by atoms with Gasteiger partial charge in [0.25, 0.3) is 0 Å². The molecule has 3 aliphatic rings. The van der Waals surface area contributed by atoms with Crippen LogP contribution in [0.4, 0.5) is 4.79 Å². The molecular weight excluding hydrogens is 1460 g/mol. The van der Waals surface area contributed by atoms with Gasteiger partial charge in [-0.05, 0) is 103 Å². The highest BCUT2D eigenvalue weighted by Crippen LogP contribution is 2.45. The van der Waals surface area contributed by atoms with Crippen LogP contribution in [-0.2, 0) is 98.5 Å². The zero-order valence-corrected chi connectivity index (χ0v) is 61.7. The van der Waals surface area contributed by atoms with E-state index in [-0.39, 0.29) is 91.8 Å². The summed E-state index contributed by atoms with van der Waals surface area (Å²) in [7, 11) is 6.82. The van der Waals surface area contributed by atoms with E-state index in [4.69, 9.17) is 61.3 Å². The van der Waals surface area contributed by atoms with Crippen LogP contribution in [0.25, 0.3) is 55.0 Å². The minimum Gasteiger partial charge on any atom is -0.469 e. The summed E-state index contributed by atoms with van der Waals surface area (Å²) in [6, 6.07) is 33.6. The van der Waals surface area contributed by atoms with Crippen LogP contribution in [0.2, 0.25) is 0 Å². The van der Waals surface area contributed by atoms with E-state index in [2.05, 4.69) is 39.6 Å². The number of carbonyl (C=O) groups is 8. The van der Waals surface area contributed by atoms with Crippen molar-refractivity contribution in [1.29, 1.82) is 0 Å². The van der Waals surface area contributed by atoms with E-state index >= 15 is 0 Å². The van der Waals surface area contributed by atoms with Crippen LogP contribution in [-0.4, -0.2) is 191 Å². The molecule has 6 aromatic carbocycles. The maximum Gasteiger partial charge on any atom is 0.407 e. The molecule has 6 N–H and O–H groups in total. The molecule has 2 aliphatic heterocycles. The molecule has 2 aromatic heterocycles. The molecule has 0 radical (unpaired) electrons. The molecule has 11 atom stereocenters. The van der Waals surface area contributed by atoms with Crippen LogP contribution in [0.5, 0.6) is 0 Å². The Bertz CT molecular complexity index is 4420. The number of esters is 6. The lowest BCUT2D eigenvalue weighted by molar-refractivity contribution is -0.302. The SMILES string of the molecule is C.C.C.C.C.CC[C@H](NC(=O)OCC1c2ccccc2-c2ccccc21)C(=O)OC.CNC(=O)Cc1cccc2c(=O)c3ccc(C)c(C)c3oc12.COC(=O)Cc1cccc2c(=O)c3ccc(C)c(C)c3oc12.COC1OC(CO)C(O)C(O)C1O.COC1OC(COC(C)=O)C(OC(C)=O)C(OC(C)=O)C1OC(C)=O. The fraction of sp³-hybridized carbons (Fsp3) is 0.446. The third kappa shape index (κ3) is 23.8. The predicted octanol–water partition coefficient (Wildman–Crippen LogP) is 9.94. The fourth-order valence-corrected chi connectivity index (χ4v) is 12.1. The molecule has 614 valence electrons. The lowest BCUT2D eigenvalue weighted by Crippen LogP contribution is -2.62. The lowest BCUT2D eigenvalue weighted by atomic mass is 9.98. The summed E-state index contributed by atoms with van der Waals surface area (Å²) in [6.45, 7) is 13.8. The molecule has 0 spiro atoms. The van der Waals surface area contributed by atoms with Crippen LogP contribution in [0.15, 0.2) is 128 Å². The van der Waals surface area contributed by atoms with Gasteiger partial charge in [-0.25, -0.2) is 9.59 Å². The predicted molar refractivity (Wildman–Crippen MR) is 420 cm³/mol. The molecule has 8 aromatic rings. The average molecular weight is 1570 g/mol.